The topological polar surface area (TPSA) is 70.7 Å². The van der Waals surface area contributed by atoms with Gasteiger partial charge in [-0.25, -0.2) is 4.79 Å². The minimum absolute atomic E-state index is 0.169. The van der Waals surface area contributed by atoms with Crippen molar-refractivity contribution in [3.05, 3.63) is 76.5 Å². The van der Waals surface area contributed by atoms with E-state index >= 15 is 0 Å². The van der Waals surface area contributed by atoms with E-state index in [2.05, 4.69) is 17.6 Å². The van der Waals surface area contributed by atoms with Gasteiger partial charge in [0, 0.05) is 24.0 Å². The van der Waals surface area contributed by atoms with E-state index in [1.165, 1.54) is 5.56 Å². The first-order valence-corrected chi connectivity index (χ1v) is 10.7. The third-order valence-electron chi connectivity index (χ3n) is 5.38. The van der Waals surface area contributed by atoms with Crippen molar-refractivity contribution in [2.45, 2.75) is 33.2 Å². The molecular weight excluding hydrogens is 410 g/mol. The number of carbonyl (C=O) groups excluding carboxylic acids is 2. The molecule has 1 aliphatic heterocycles. The van der Waals surface area contributed by atoms with Crippen molar-refractivity contribution in [2.24, 2.45) is 0 Å². The van der Waals surface area contributed by atoms with Crippen LogP contribution in [0.3, 0.4) is 0 Å². The lowest BCUT2D eigenvalue weighted by Crippen LogP contribution is -2.46. The molecule has 1 amide bonds. The first kappa shape index (κ1) is 22.5. The second-order valence-electron chi connectivity index (χ2n) is 7.29. The first-order valence-electron chi connectivity index (χ1n) is 10.3. The van der Waals surface area contributed by atoms with Crippen molar-refractivity contribution < 1.29 is 14.3 Å². The summed E-state index contributed by atoms with van der Waals surface area (Å²) in [4.78, 5) is 26.9. The quantitative estimate of drug-likeness (QED) is 0.521. The van der Waals surface area contributed by atoms with E-state index in [0.717, 1.165) is 17.7 Å². The highest BCUT2D eigenvalue weighted by molar-refractivity contribution is 7.80. The molecule has 1 heterocycles. The Labute approximate surface area is 188 Å². The zero-order valence-corrected chi connectivity index (χ0v) is 19.0. The molecule has 1 atom stereocenters. The Morgan fingerprint density at radius 1 is 1.10 bits per heavy atom. The van der Waals surface area contributed by atoms with Crippen molar-refractivity contribution in [3.8, 4) is 0 Å². The van der Waals surface area contributed by atoms with E-state index in [1.807, 2.05) is 62.5 Å². The van der Waals surface area contributed by atoms with Crippen LogP contribution in [0.15, 0.2) is 59.8 Å². The Bertz CT molecular complexity index is 1010. The number of anilines is 1. The van der Waals surface area contributed by atoms with Gasteiger partial charge < -0.3 is 20.3 Å². The summed E-state index contributed by atoms with van der Waals surface area (Å²) in [6, 6.07) is 14.5. The van der Waals surface area contributed by atoms with E-state index in [4.69, 9.17) is 17.0 Å². The number of rotatable bonds is 6. The number of nitrogens with zero attached hydrogens (tertiary/aromatic N) is 1. The molecule has 162 valence electrons. The average molecular weight is 438 g/mol. The number of hydrogen-bond acceptors (Lipinski definition) is 4. The zero-order chi connectivity index (χ0) is 22.5. The summed E-state index contributed by atoms with van der Waals surface area (Å²) in [7, 11) is 1.81. The van der Waals surface area contributed by atoms with Crippen molar-refractivity contribution in [1.29, 1.82) is 0 Å². The molecule has 0 spiro atoms. The average Bonchev–Trinajstić information content (AvgIpc) is 2.78. The lowest BCUT2D eigenvalue weighted by molar-refractivity contribution is -0.139. The second-order valence-corrected chi connectivity index (χ2v) is 7.67. The van der Waals surface area contributed by atoms with Crippen LogP contribution in [-0.4, -0.2) is 35.5 Å². The smallest absolute Gasteiger partial charge is 0.338 e. The van der Waals surface area contributed by atoms with Gasteiger partial charge in [0.15, 0.2) is 5.11 Å². The second kappa shape index (κ2) is 9.75. The van der Waals surface area contributed by atoms with Crippen LogP contribution < -0.4 is 10.6 Å². The Morgan fingerprint density at radius 2 is 1.74 bits per heavy atom. The SMILES string of the molecule is CCOC(=O)C1=C(C)N(C)C(=S)NC1c1ccc(NC(=O)c2ccc(CC)cc2)cc1. The molecule has 31 heavy (non-hydrogen) atoms. The van der Waals surface area contributed by atoms with Gasteiger partial charge in [0.1, 0.15) is 0 Å². The largest absolute Gasteiger partial charge is 0.463 e. The van der Waals surface area contributed by atoms with E-state index in [9.17, 15) is 9.59 Å². The molecule has 3 rings (SSSR count). The van der Waals surface area contributed by atoms with Crippen LogP contribution in [0.4, 0.5) is 5.69 Å². The number of carbonyl (C=O) groups is 2. The van der Waals surface area contributed by atoms with E-state index < -0.39 is 6.04 Å². The molecule has 2 aromatic carbocycles. The van der Waals surface area contributed by atoms with Gasteiger partial charge in [-0.3, -0.25) is 4.79 Å². The molecule has 0 saturated heterocycles. The van der Waals surface area contributed by atoms with Crippen LogP contribution in [0.5, 0.6) is 0 Å². The molecule has 7 heteroatoms. The fourth-order valence-electron chi connectivity index (χ4n) is 3.41. The minimum atomic E-state index is -0.422. The van der Waals surface area contributed by atoms with Gasteiger partial charge in [-0.1, -0.05) is 31.2 Å². The molecule has 0 fully saturated rings. The number of benzene rings is 2. The Hall–Kier alpha value is -3.19. The molecule has 0 radical (unpaired) electrons. The van der Waals surface area contributed by atoms with Gasteiger partial charge in [0.05, 0.1) is 18.2 Å². The van der Waals surface area contributed by atoms with Crippen molar-refractivity contribution >= 4 is 34.9 Å². The van der Waals surface area contributed by atoms with Crippen LogP contribution in [0.2, 0.25) is 0 Å². The fourth-order valence-corrected chi connectivity index (χ4v) is 3.67. The highest BCUT2D eigenvalue weighted by Crippen LogP contribution is 2.31. The zero-order valence-electron chi connectivity index (χ0n) is 18.2. The van der Waals surface area contributed by atoms with Gasteiger partial charge in [0.25, 0.3) is 5.91 Å². The summed E-state index contributed by atoms with van der Waals surface area (Å²) in [5.41, 5.74) is 4.58. The fraction of sp³-hybridized carbons (Fsp3) is 0.292. The first-order chi connectivity index (χ1) is 14.8. The predicted octanol–water partition coefficient (Wildman–Crippen LogP) is 4.20. The Balaban J connectivity index is 1.81. The van der Waals surface area contributed by atoms with Crippen LogP contribution in [0, 0.1) is 0 Å². The highest BCUT2D eigenvalue weighted by atomic mass is 32.1. The lowest BCUT2D eigenvalue weighted by Gasteiger charge is -2.35. The van der Waals surface area contributed by atoms with Crippen molar-refractivity contribution in [1.82, 2.24) is 10.2 Å². The van der Waals surface area contributed by atoms with Crippen molar-refractivity contribution in [2.75, 3.05) is 19.0 Å². The number of thiocarbonyl (C=S) groups is 1. The third kappa shape index (κ3) is 4.94. The van der Waals surface area contributed by atoms with Gasteiger partial charge >= 0.3 is 5.97 Å². The summed E-state index contributed by atoms with van der Waals surface area (Å²) in [5.74, 6) is -0.545. The van der Waals surface area contributed by atoms with E-state index in [0.29, 0.717) is 28.5 Å². The molecule has 2 aromatic rings. The van der Waals surface area contributed by atoms with Crippen LogP contribution in [0.25, 0.3) is 0 Å². The molecule has 0 bridgehead atoms. The summed E-state index contributed by atoms with van der Waals surface area (Å²) in [6.07, 6.45) is 0.930. The molecule has 1 unspecified atom stereocenters. The number of allylic oxidation sites excluding steroid dienone is 1. The normalized spacial score (nSPS) is 16.1. The third-order valence-corrected chi connectivity index (χ3v) is 5.77. The van der Waals surface area contributed by atoms with Crippen LogP contribution >= 0.6 is 12.2 Å². The summed E-state index contributed by atoms with van der Waals surface area (Å²) in [6.45, 7) is 6.00. The molecule has 0 aliphatic carbocycles. The van der Waals surface area contributed by atoms with Gasteiger partial charge in [0.2, 0.25) is 0 Å². The number of hydrogen-bond donors (Lipinski definition) is 2. The van der Waals surface area contributed by atoms with Crippen LogP contribution in [-0.2, 0) is 16.0 Å². The monoisotopic (exact) mass is 437 g/mol. The standard InChI is InChI=1S/C24H27N3O3S/c1-5-16-7-9-18(10-8-16)22(28)25-19-13-11-17(12-14-19)21-20(23(29)30-6-2)15(3)27(4)24(31)26-21/h7-14,21H,5-6H2,1-4H3,(H,25,28)(H,26,31). The summed E-state index contributed by atoms with van der Waals surface area (Å²) < 4.78 is 5.27. The maximum atomic E-state index is 12.6. The minimum Gasteiger partial charge on any atom is -0.463 e. The van der Waals surface area contributed by atoms with E-state index in [-0.39, 0.29) is 11.9 Å². The van der Waals surface area contributed by atoms with Gasteiger partial charge in [-0.05, 0) is 67.9 Å². The van der Waals surface area contributed by atoms with Crippen molar-refractivity contribution in [3.63, 3.8) is 0 Å². The molecule has 0 aromatic heterocycles. The number of esters is 1. The predicted molar refractivity (Wildman–Crippen MR) is 126 cm³/mol. The van der Waals surface area contributed by atoms with Gasteiger partial charge in [-0.2, -0.15) is 0 Å². The number of ether oxygens (including phenoxy) is 1. The summed E-state index contributed by atoms with van der Waals surface area (Å²) >= 11 is 5.41. The van der Waals surface area contributed by atoms with Crippen LogP contribution in [0.1, 0.15) is 48.3 Å². The number of amides is 1. The summed E-state index contributed by atoms with van der Waals surface area (Å²) in [5, 5.41) is 6.65. The number of nitrogens with one attached hydrogen (secondary N) is 2. The maximum Gasteiger partial charge on any atom is 0.338 e. The lowest BCUT2D eigenvalue weighted by atomic mass is 9.95. The molecule has 0 saturated carbocycles. The molecule has 2 N–H and O–H groups in total. The Morgan fingerprint density at radius 3 is 2.32 bits per heavy atom. The van der Waals surface area contributed by atoms with Gasteiger partial charge in [-0.15, -0.1) is 0 Å². The molecule has 6 nitrogen and oxygen atoms in total. The maximum absolute atomic E-state index is 12.6. The number of aryl methyl sites for hydroxylation is 1. The Kier molecular flexibility index (Phi) is 7.07. The highest BCUT2D eigenvalue weighted by Gasteiger charge is 2.33. The molecular formula is C24H27N3O3S. The molecule has 1 aliphatic rings. The van der Waals surface area contributed by atoms with E-state index in [1.54, 1.807) is 11.8 Å².